The maximum atomic E-state index is 14.9. The predicted molar refractivity (Wildman–Crippen MR) is 523 cm³/mol. The Hall–Kier alpha value is -15.8. The van der Waals surface area contributed by atoms with Crippen molar-refractivity contribution in [2.24, 2.45) is 0 Å². The molecule has 0 fully saturated rings. The van der Waals surface area contributed by atoms with E-state index in [1.54, 1.807) is 0 Å². The molecule has 26 rings (SSSR count). The number of furan rings is 1. The molecule has 578 valence electrons. The van der Waals surface area contributed by atoms with E-state index in [2.05, 4.69) is 307 Å². The quantitative estimate of drug-likeness (QED) is 0.109. The molecule has 0 aliphatic heterocycles. The van der Waals surface area contributed by atoms with E-state index in [1.807, 2.05) is 133 Å². The standard InChI is InChI=1S/C38H25N2OP.C38H22N2O.C38H22N2S/c41-42(28-10-3-1-4-11-28,29-12-5-2-6-13-29)30-21-17-27(18-22-30)38-33-23-19-26-20-24-34-31(15-9-25-39-34)36(26)37(33)32-14-7-8-16-35(32)40-38;1-2-9-26-25(8-1)22-39-33-21-20-31-35(36(26)33)30-11-3-5-14-32(30)40-37(31)24-18-16-23(17-19-24)27-12-7-13-29-28-10-4-6-15-34(28)41-38(27)29;1-3-12-33-30(8-1)36-31(20-18-24-19-21-32-29(35(24)36)11-6-22-39-32)37(40-33)25-16-14-23(15-17-25)26-9-5-10-28-27-7-2-4-13-34(27)41-38(26)28/h1-25H;2*1-22H. The monoisotopic (exact) mass is 1620 g/mol. The van der Waals surface area contributed by atoms with E-state index in [0.717, 1.165) is 154 Å². The van der Waals surface area contributed by atoms with Gasteiger partial charge in [-0.25, -0.2) is 15.0 Å². The summed E-state index contributed by atoms with van der Waals surface area (Å²) in [5, 5.41) is 28.4. The van der Waals surface area contributed by atoms with Crippen LogP contribution in [-0.2, 0) is 4.57 Å². The number of thiophene rings is 1. The molecule has 26 aromatic rings. The molecule has 0 N–H and O–H groups in total. The molecule has 0 unspecified atom stereocenters. The third-order valence-corrected chi connectivity index (χ3v) is 29.1. The molecule has 10 heteroatoms. The fourth-order valence-electron chi connectivity index (χ4n) is 19.0. The van der Waals surface area contributed by atoms with E-state index in [-0.39, 0.29) is 0 Å². The lowest BCUT2D eigenvalue weighted by atomic mass is 9.92. The number of aromatic nitrogens is 6. The maximum absolute atomic E-state index is 14.9. The van der Waals surface area contributed by atoms with Crippen molar-refractivity contribution in [2.45, 2.75) is 0 Å². The number of nitrogens with zero attached hydrogens (tertiary/aromatic N) is 6. The Morgan fingerprint density at radius 1 is 0.234 bits per heavy atom. The van der Waals surface area contributed by atoms with E-state index >= 15 is 0 Å². The van der Waals surface area contributed by atoms with Crippen LogP contribution in [0.25, 0.3) is 228 Å². The molecule has 0 aliphatic carbocycles. The predicted octanol–water partition coefficient (Wildman–Crippen LogP) is 29.5. The van der Waals surface area contributed by atoms with Crippen LogP contribution in [0.2, 0.25) is 0 Å². The second-order valence-corrected chi connectivity index (χ2v) is 35.5. The van der Waals surface area contributed by atoms with Crippen LogP contribution < -0.4 is 15.9 Å². The lowest BCUT2D eigenvalue weighted by Crippen LogP contribution is -2.24. The van der Waals surface area contributed by atoms with Crippen LogP contribution in [0.3, 0.4) is 0 Å². The lowest BCUT2D eigenvalue weighted by Gasteiger charge is -2.20. The summed E-state index contributed by atoms with van der Waals surface area (Å²) in [5.41, 5.74) is 18.5. The van der Waals surface area contributed by atoms with Crippen molar-refractivity contribution in [3.63, 3.8) is 0 Å². The minimum Gasteiger partial charge on any atom is -0.455 e. The molecule has 8 nitrogen and oxygen atoms in total. The highest BCUT2D eigenvalue weighted by Gasteiger charge is 2.30. The van der Waals surface area contributed by atoms with E-state index in [4.69, 9.17) is 24.4 Å². The third-order valence-electron chi connectivity index (χ3n) is 24.8. The lowest BCUT2D eigenvalue weighted by molar-refractivity contribution is 0.592. The van der Waals surface area contributed by atoms with Gasteiger partial charge in [0, 0.05) is 158 Å². The van der Waals surface area contributed by atoms with Gasteiger partial charge in [0.2, 0.25) is 0 Å². The summed E-state index contributed by atoms with van der Waals surface area (Å²) < 4.78 is 23.9. The van der Waals surface area contributed by atoms with Crippen LogP contribution in [0.5, 0.6) is 0 Å². The fourth-order valence-corrected chi connectivity index (χ4v) is 22.9. The molecule has 0 aliphatic rings. The zero-order chi connectivity index (χ0) is 81.9. The largest absolute Gasteiger partial charge is 0.455 e. The molecular formula is C114H69N6O2PS. The molecule has 0 saturated carbocycles. The van der Waals surface area contributed by atoms with Crippen LogP contribution in [0.1, 0.15) is 0 Å². The highest BCUT2D eigenvalue weighted by atomic mass is 32.1. The number of hydrogen-bond donors (Lipinski definition) is 0. The van der Waals surface area contributed by atoms with Crippen molar-refractivity contribution in [3.8, 4) is 56.0 Å². The minimum absolute atomic E-state index is 0.802. The molecule has 8 aromatic heterocycles. The first kappa shape index (κ1) is 72.3. The van der Waals surface area contributed by atoms with Crippen LogP contribution >= 0.6 is 18.5 Å². The normalized spacial score (nSPS) is 11.9. The van der Waals surface area contributed by atoms with E-state index in [0.29, 0.717) is 0 Å². The van der Waals surface area contributed by atoms with E-state index in [9.17, 15) is 4.57 Å². The zero-order valence-corrected chi connectivity index (χ0v) is 68.4. The minimum atomic E-state index is -3.06. The van der Waals surface area contributed by atoms with Crippen molar-refractivity contribution >= 4 is 207 Å². The first-order chi connectivity index (χ1) is 61.4. The van der Waals surface area contributed by atoms with Crippen LogP contribution in [0.4, 0.5) is 0 Å². The van der Waals surface area contributed by atoms with E-state index in [1.165, 1.54) is 90.5 Å². The Kier molecular flexibility index (Phi) is 17.2. The van der Waals surface area contributed by atoms with Crippen molar-refractivity contribution in [2.75, 3.05) is 0 Å². The van der Waals surface area contributed by atoms with Gasteiger partial charge in [0.1, 0.15) is 11.2 Å². The average molecular weight is 1620 g/mol. The van der Waals surface area contributed by atoms with Gasteiger partial charge < -0.3 is 8.98 Å². The van der Waals surface area contributed by atoms with Gasteiger partial charge in [-0.05, 0) is 110 Å². The Morgan fingerprint density at radius 3 is 1.19 bits per heavy atom. The van der Waals surface area contributed by atoms with Gasteiger partial charge in [-0.15, -0.1) is 11.3 Å². The summed E-state index contributed by atoms with van der Waals surface area (Å²) in [6.45, 7) is 0. The second kappa shape index (κ2) is 29.6. The second-order valence-electron chi connectivity index (χ2n) is 31.6. The summed E-state index contributed by atoms with van der Waals surface area (Å²) in [4.78, 5) is 29.7. The molecule has 124 heavy (non-hydrogen) atoms. The smallest absolute Gasteiger partial charge is 0.171 e. The van der Waals surface area contributed by atoms with Crippen molar-refractivity contribution in [1.82, 2.24) is 29.9 Å². The first-order valence-electron chi connectivity index (χ1n) is 41.7. The average Bonchev–Trinajstić information content (AvgIpc) is 1.13. The molecule has 0 bridgehead atoms. The highest BCUT2D eigenvalue weighted by Crippen LogP contribution is 2.48. The molecule has 0 atom stereocenters. The number of fused-ring (bicyclic) bond motifs is 27. The molecule has 0 saturated heterocycles. The summed E-state index contributed by atoms with van der Waals surface area (Å²) in [6.07, 6.45) is 5.68. The van der Waals surface area contributed by atoms with Crippen LogP contribution in [0, 0.1) is 0 Å². The zero-order valence-electron chi connectivity index (χ0n) is 66.7. The number of rotatable bonds is 8. The van der Waals surface area contributed by atoms with Crippen molar-refractivity contribution in [1.29, 1.82) is 0 Å². The van der Waals surface area contributed by atoms with Crippen LogP contribution in [-0.4, -0.2) is 29.9 Å². The van der Waals surface area contributed by atoms with Gasteiger partial charge in [0.05, 0.1) is 50.2 Å². The molecule has 0 radical (unpaired) electrons. The molecular weight excluding hydrogens is 1550 g/mol. The Morgan fingerprint density at radius 2 is 0.629 bits per heavy atom. The number of benzene rings is 18. The molecule has 0 amide bonds. The summed E-state index contributed by atoms with van der Waals surface area (Å²) in [7, 11) is -3.06. The Bertz CT molecular complexity index is 8510. The fraction of sp³-hybridized carbons (Fsp3) is 0. The molecule has 18 aromatic carbocycles. The summed E-state index contributed by atoms with van der Waals surface area (Å²) in [5.74, 6) is 0. The summed E-state index contributed by atoms with van der Waals surface area (Å²) in [6, 6.07) is 139. The van der Waals surface area contributed by atoms with Gasteiger partial charge >= 0.3 is 0 Å². The van der Waals surface area contributed by atoms with Gasteiger partial charge in [-0.2, -0.15) is 0 Å². The summed E-state index contributed by atoms with van der Waals surface area (Å²) >= 11 is 1.87. The van der Waals surface area contributed by atoms with Crippen molar-refractivity contribution < 1.29 is 8.98 Å². The third kappa shape index (κ3) is 11.9. The first-order valence-corrected chi connectivity index (χ1v) is 44.2. The number of pyridine rings is 6. The SMILES string of the molecule is O=P(c1ccccc1)(c1ccccc1)c1ccc(-c2nc3ccccc3c3c2ccc2ccc4ncccc4c23)cc1.c1ccc2c(c1)cnc1ccc3c(-c4ccc(-c5cccc6c5oc5ccccc56)cc4)nc4ccccc4c3c12.c1ccc2c(c1)nc(-c1ccc(-c3cccc4c3sc3ccccc34)cc1)c1ccc3ccc4ncccc4c3c12. The number of hydrogen-bond acceptors (Lipinski definition) is 9. The van der Waals surface area contributed by atoms with Crippen LogP contribution in [0.15, 0.2) is 423 Å². The van der Waals surface area contributed by atoms with Gasteiger partial charge in [0.15, 0.2) is 7.14 Å². The Labute approximate surface area is 715 Å². The number of para-hydroxylation sites is 5. The van der Waals surface area contributed by atoms with E-state index < -0.39 is 7.14 Å². The molecule has 0 spiro atoms. The highest BCUT2D eigenvalue weighted by molar-refractivity contribution is 7.85. The topological polar surface area (TPSA) is 108 Å². The van der Waals surface area contributed by atoms with Crippen molar-refractivity contribution in [3.05, 3.63) is 419 Å². The maximum Gasteiger partial charge on any atom is 0.171 e. The Balaban J connectivity index is 0.000000105. The van der Waals surface area contributed by atoms with Gasteiger partial charge in [0.25, 0.3) is 0 Å². The van der Waals surface area contributed by atoms with Gasteiger partial charge in [-0.3, -0.25) is 15.0 Å². The molecule has 8 heterocycles. The van der Waals surface area contributed by atoms with Gasteiger partial charge in [-0.1, -0.05) is 334 Å².